The fourth-order valence-electron chi connectivity index (χ4n) is 2.96. The fraction of sp³-hybridized carbons (Fsp3) is 0.533. The molecule has 1 aliphatic heterocycles. The van der Waals surface area contributed by atoms with Crippen LogP contribution in [0.3, 0.4) is 0 Å². The Labute approximate surface area is 137 Å². The number of aliphatic hydroxyl groups is 1. The molecule has 0 aromatic heterocycles. The third-order valence-electron chi connectivity index (χ3n) is 4.00. The normalized spacial score (nSPS) is 24.8. The van der Waals surface area contributed by atoms with Crippen molar-refractivity contribution in [2.24, 2.45) is 4.99 Å². The zero-order valence-corrected chi connectivity index (χ0v) is 13.9. The van der Waals surface area contributed by atoms with Gasteiger partial charge in [0.25, 0.3) is 0 Å². The predicted octanol–water partition coefficient (Wildman–Crippen LogP) is 1.77. The highest BCUT2D eigenvalue weighted by molar-refractivity contribution is 14.0. The van der Waals surface area contributed by atoms with E-state index < -0.39 is 5.60 Å². The second-order valence-corrected chi connectivity index (χ2v) is 5.41. The molecule has 1 aliphatic carbocycles. The van der Waals surface area contributed by atoms with Crippen molar-refractivity contribution in [2.45, 2.75) is 31.3 Å². The summed E-state index contributed by atoms with van der Waals surface area (Å²) >= 11 is 0. The number of guanidine groups is 1. The number of hydrogen-bond donors (Lipinski definition) is 3. The zero-order valence-electron chi connectivity index (χ0n) is 11.6. The summed E-state index contributed by atoms with van der Waals surface area (Å²) in [7, 11) is 0. The van der Waals surface area contributed by atoms with Crippen molar-refractivity contribution in [2.75, 3.05) is 19.6 Å². The van der Waals surface area contributed by atoms with Gasteiger partial charge in [0.2, 0.25) is 0 Å². The molecule has 1 aromatic rings. The third-order valence-corrected chi connectivity index (χ3v) is 4.00. The van der Waals surface area contributed by atoms with E-state index in [-0.39, 0.29) is 24.0 Å². The number of hydrogen-bond acceptors (Lipinski definition) is 4. The van der Waals surface area contributed by atoms with E-state index in [1.165, 1.54) is 5.56 Å². The molecule has 0 saturated carbocycles. The van der Waals surface area contributed by atoms with Gasteiger partial charge in [-0.1, -0.05) is 24.3 Å². The average molecular weight is 387 g/mol. The molecule has 1 aromatic carbocycles. The van der Waals surface area contributed by atoms with Gasteiger partial charge in [0.1, 0.15) is 5.60 Å². The number of nitrogens with one attached hydrogen (secondary N) is 2. The van der Waals surface area contributed by atoms with Crippen LogP contribution in [0.5, 0.6) is 0 Å². The Balaban J connectivity index is 0.00000147. The topological polar surface area (TPSA) is 56.6 Å². The van der Waals surface area contributed by atoms with Crippen molar-refractivity contribution in [3.8, 4) is 0 Å². The minimum Gasteiger partial charge on any atom is -0.383 e. The fourth-order valence-corrected chi connectivity index (χ4v) is 2.96. The first-order valence-corrected chi connectivity index (χ1v) is 7.11. The Hall–Kier alpha value is -0.820. The lowest BCUT2D eigenvalue weighted by Crippen LogP contribution is -2.48. The molecule has 0 fully saturated rings. The van der Waals surface area contributed by atoms with Gasteiger partial charge in [-0.05, 0) is 36.8 Å². The first-order chi connectivity index (χ1) is 9.28. The highest BCUT2D eigenvalue weighted by Crippen LogP contribution is 2.34. The SMILES string of the molecule is I.OC1(CNC2=NCCCN2)CCCc2ccccc21. The number of fused-ring (bicyclic) bond motifs is 1. The number of rotatable bonds is 2. The van der Waals surface area contributed by atoms with E-state index in [9.17, 15) is 5.11 Å². The van der Waals surface area contributed by atoms with Crippen LogP contribution in [-0.2, 0) is 12.0 Å². The first kappa shape index (κ1) is 15.6. The molecule has 0 saturated heterocycles. The molecule has 2 aliphatic rings. The van der Waals surface area contributed by atoms with Gasteiger partial charge in [0, 0.05) is 13.1 Å². The molecule has 0 radical (unpaired) electrons. The van der Waals surface area contributed by atoms with Crippen molar-refractivity contribution < 1.29 is 5.11 Å². The van der Waals surface area contributed by atoms with Gasteiger partial charge in [0.15, 0.2) is 5.96 Å². The minimum absolute atomic E-state index is 0. The lowest BCUT2D eigenvalue weighted by atomic mass is 9.79. The maximum absolute atomic E-state index is 10.9. The van der Waals surface area contributed by atoms with Gasteiger partial charge in [-0.25, -0.2) is 0 Å². The zero-order chi connectivity index (χ0) is 13.1. The number of benzene rings is 1. The van der Waals surface area contributed by atoms with Crippen LogP contribution in [0.1, 0.15) is 30.4 Å². The van der Waals surface area contributed by atoms with Gasteiger partial charge < -0.3 is 15.7 Å². The van der Waals surface area contributed by atoms with Gasteiger partial charge in [-0.15, -0.1) is 24.0 Å². The molecule has 0 bridgehead atoms. The van der Waals surface area contributed by atoms with Crippen LogP contribution < -0.4 is 10.6 Å². The average Bonchev–Trinajstić information content (AvgIpc) is 2.47. The molecular formula is C15H22IN3O. The molecule has 1 unspecified atom stereocenters. The lowest BCUT2D eigenvalue weighted by Gasteiger charge is -2.35. The van der Waals surface area contributed by atoms with E-state index in [0.29, 0.717) is 6.54 Å². The minimum atomic E-state index is -0.767. The summed E-state index contributed by atoms with van der Waals surface area (Å²) in [4.78, 5) is 4.38. The lowest BCUT2D eigenvalue weighted by molar-refractivity contribution is 0.0233. The van der Waals surface area contributed by atoms with Crippen molar-refractivity contribution in [1.82, 2.24) is 10.6 Å². The summed E-state index contributed by atoms with van der Waals surface area (Å²) < 4.78 is 0. The molecular weight excluding hydrogens is 365 g/mol. The summed E-state index contributed by atoms with van der Waals surface area (Å²) in [6.07, 6.45) is 4.00. The number of halogens is 1. The van der Waals surface area contributed by atoms with Crippen LogP contribution in [0.4, 0.5) is 0 Å². The highest BCUT2D eigenvalue weighted by Gasteiger charge is 2.34. The predicted molar refractivity (Wildman–Crippen MR) is 91.6 cm³/mol. The van der Waals surface area contributed by atoms with Crippen molar-refractivity contribution >= 4 is 29.9 Å². The van der Waals surface area contributed by atoms with E-state index in [0.717, 1.165) is 50.3 Å². The highest BCUT2D eigenvalue weighted by atomic mass is 127. The standard InChI is InChI=1S/C15H21N3O.HI/c19-15(11-18-14-16-9-4-10-17-14)8-3-6-12-5-1-2-7-13(12)15;/h1-2,5,7,19H,3-4,6,8-11H2,(H2,16,17,18);1H. The second kappa shape index (κ2) is 6.76. The maximum Gasteiger partial charge on any atom is 0.191 e. The van der Waals surface area contributed by atoms with Gasteiger partial charge >= 0.3 is 0 Å². The maximum atomic E-state index is 10.9. The molecule has 20 heavy (non-hydrogen) atoms. The number of aryl methyl sites for hydroxylation is 1. The molecule has 3 rings (SSSR count). The molecule has 0 amide bonds. The Kier molecular flexibility index (Phi) is 5.26. The summed E-state index contributed by atoms with van der Waals surface area (Å²) in [5, 5.41) is 17.4. The van der Waals surface area contributed by atoms with Crippen LogP contribution in [0, 0.1) is 0 Å². The summed E-state index contributed by atoms with van der Waals surface area (Å²) in [5.74, 6) is 0.822. The van der Waals surface area contributed by atoms with Crippen molar-refractivity contribution in [3.05, 3.63) is 35.4 Å². The largest absolute Gasteiger partial charge is 0.383 e. The van der Waals surface area contributed by atoms with E-state index >= 15 is 0 Å². The van der Waals surface area contributed by atoms with E-state index in [2.05, 4.69) is 21.7 Å². The molecule has 110 valence electrons. The van der Waals surface area contributed by atoms with Crippen molar-refractivity contribution in [3.63, 3.8) is 0 Å². The van der Waals surface area contributed by atoms with E-state index in [1.807, 2.05) is 18.2 Å². The summed E-state index contributed by atoms with van der Waals surface area (Å²) in [6, 6.07) is 8.22. The van der Waals surface area contributed by atoms with Crippen LogP contribution in [0.25, 0.3) is 0 Å². The van der Waals surface area contributed by atoms with E-state index in [1.54, 1.807) is 0 Å². The summed E-state index contributed by atoms with van der Waals surface area (Å²) in [6.45, 7) is 2.35. The van der Waals surface area contributed by atoms with Crippen LogP contribution in [0.15, 0.2) is 29.3 Å². The first-order valence-electron chi connectivity index (χ1n) is 7.11. The van der Waals surface area contributed by atoms with Crippen LogP contribution in [-0.4, -0.2) is 30.7 Å². The quantitative estimate of drug-likeness (QED) is 0.678. The Morgan fingerprint density at radius 2 is 2.15 bits per heavy atom. The number of aliphatic imine (C=N–C) groups is 1. The molecule has 1 atom stereocenters. The molecule has 5 heteroatoms. The Morgan fingerprint density at radius 3 is 2.95 bits per heavy atom. The monoisotopic (exact) mass is 387 g/mol. The Morgan fingerprint density at radius 1 is 1.30 bits per heavy atom. The third kappa shape index (κ3) is 3.25. The smallest absolute Gasteiger partial charge is 0.191 e. The van der Waals surface area contributed by atoms with Gasteiger partial charge in [-0.2, -0.15) is 0 Å². The van der Waals surface area contributed by atoms with Crippen LogP contribution >= 0.6 is 24.0 Å². The Bertz CT molecular complexity index is 492. The summed E-state index contributed by atoms with van der Waals surface area (Å²) in [5.41, 5.74) is 1.58. The molecule has 0 spiro atoms. The molecule has 1 heterocycles. The van der Waals surface area contributed by atoms with Crippen LogP contribution in [0.2, 0.25) is 0 Å². The van der Waals surface area contributed by atoms with Gasteiger partial charge in [0.05, 0.1) is 6.54 Å². The van der Waals surface area contributed by atoms with Crippen molar-refractivity contribution in [1.29, 1.82) is 0 Å². The number of nitrogens with zero attached hydrogens (tertiary/aromatic N) is 1. The molecule has 4 nitrogen and oxygen atoms in total. The van der Waals surface area contributed by atoms with Gasteiger partial charge in [-0.3, -0.25) is 4.99 Å². The second-order valence-electron chi connectivity index (χ2n) is 5.41. The molecule has 3 N–H and O–H groups in total. The van der Waals surface area contributed by atoms with E-state index in [4.69, 9.17) is 0 Å².